The predicted molar refractivity (Wildman–Crippen MR) is 59.3 cm³/mol. The molecule has 1 aliphatic rings. The van der Waals surface area contributed by atoms with Crippen LogP contribution in [0.1, 0.15) is 47.0 Å². The fourth-order valence-corrected chi connectivity index (χ4v) is 2.36. The van der Waals surface area contributed by atoms with Gasteiger partial charge in [0.25, 0.3) is 0 Å². The molecule has 1 rings (SSSR count). The van der Waals surface area contributed by atoms with Gasteiger partial charge in [-0.25, -0.2) is 0 Å². The number of rotatable bonds is 4. The number of Topliss-reactive ketones (excluding diaryl/α,β-unsaturated/α-hetero) is 1. The molecule has 0 saturated heterocycles. The van der Waals surface area contributed by atoms with Crippen LogP contribution in [0.2, 0.25) is 0 Å². The summed E-state index contributed by atoms with van der Waals surface area (Å²) in [5, 5.41) is 0. The van der Waals surface area contributed by atoms with Crippen molar-refractivity contribution in [2.45, 2.75) is 59.0 Å². The van der Waals surface area contributed by atoms with Gasteiger partial charge in [-0.2, -0.15) is 0 Å². The number of nitrogens with zero attached hydrogens (tertiary/aromatic N) is 1. The third-order valence-electron chi connectivity index (χ3n) is 3.14. The molecule has 0 aromatic rings. The van der Waals surface area contributed by atoms with Crippen LogP contribution in [0.25, 0.3) is 0 Å². The van der Waals surface area contributed by atoms with E-state index in [9.17, 15) is 4.79 Å². The van der Waals surface area contributed by atoms with Crippen molar-refractivity contribution in [2.24, 2.45) is 5.92 Å². The number of carbonyl (C=O) groups is 1. The van der Waals surface area contributed by atoms with Gasteiger partial charge in [-0.3, -0.25) is 9.69 Å². The molecule has 82 valence electrons. The zero-order valence-corrected chi connectivity index (χ0v) is 9.92. The number of hydrogen-bond donors (Lipinski definition) is 0. The Hall–Kier alpha value is -0.370. The molecule has 0 N–H and O–H groups in total. The Morgan fingerprint density at radius 2 is 1.86 bits per heavy atom. The van der Waals surface area contributed by atoms with E-state index < -0.39 is 0 Å². The Morgan fingerprint density at radius 1 is 1.29 bits per heavy atom. The van der Waals surface area contributed by atoms with Gasteiger partial charge in [0.05, 0.1) is 0 Å². The van der Waals surface area contributed by atoms with E-state index >= 15 is 0 Å². The van der Waals surface area contributed by atoms with Crippen LogP contribution < -0.4 is 0 Å². The molecule has 0 aliphatic heterocycles. The second kappa shape index (κ2) is 4.92. The molecule has 1 atom stereocenters. The highest BCUT2D eigenvalue weighted by atomic mass is 16.1. The average molecular weight is 197 g/mol. The van der Waals surface area contributed by atoms with Crippen LogP contribution in [0.4, 0.5) is 0 Å². The van der Waals surface area contributed by atoms with E-state index in [4.69, 9.17) is 0 Å². The van der Waals surface area contributed by atoms with Crippen LogP contribution in [0, 0.1) is 5.92 Å². The largest absolute Gasteiger partial charge is 0.300 e. The topological polar surface area (TPSA) is 20.3 Å². The van der Waals surface area contributed by atoms with E-state index in [0.29, 0.717) is 23.8 Å². The smallest absolute Gasteiger partial charge is 0.133 e. The Labute approximate surface area is 87.7 Å². The third-order valence-corrected chi connectivity index (χ3v) is 3.14. The first-order chi connectivity index (χ1) is 6.50. The van der Waals surface area contributed by atoms with E-state index in [1.165, 1.54) is 0 Å². The molecule has 14 heavy (non-hydrogen) atoms. The number of carbonyl (C=O) groups excluding carboxylic acids is 1. The van der Waals surface area contributed by atoms with Crippen LogP contribution in [-0.4, -0.2) is 29.3 Å². The molecule has 0 amide bonds. The lowest BCUT2D eigenvalue weighted by Crippen LogP contribution is -2.40. The van der Waals surface area contributed by atoms with Gasteiger partial charge >= 0.3 is 0 Å². The van der Waals surface area contributed by atoms with E-state index in [2.05, 4.69) is 32.6 Å². The first-order valence-electron chi connectivity index (χ1n) is 5.78. The summed E-state index contributed by atoms with van der Waals surface area (Å²) in [6, 6.07) is 1.18. The molecule has 0 unspecified atom stereocenters. The van der Waals surface area contributed by atoms with Crippen LogP contribution in [0.15, 0.2) is 0 Å². The molecule has 0 heterocycles. The van der Waals surface area contributed by atoms with E-state index in [1.807, 2.05) is 0 Å². The van der Waals surface area contributed by atoms with Gasteiger partial charge in [0.15, 0.2) is 0 Å². The molecule has 1 fully saturated rings. The number of hydrogen-bond acceptors (Lipinski definition) is 2. The molecule has 0 aromatic carbocycles. The summed E-state index contributed by atoms with van der Waals surface area (Å²) < 4.78 is 0. The van der Waals surface area contributed by atoms with Gasteiger partial charge in [0.2, 0.25) is 0 Å². The summed E-state index contributed by atoms with van der Waals surface area (Å²) in [6.45, 7) is 10.0. The standard InChI is InChI=1S/C12H23NO/c1-9(2)13(10(3)4)8-11-5-6-12(14)7-11/h9-11H,5-8H2,1-4H3/t11-/m1/s1. The van der Waals surface area contributed by atoms with Crippen molar-refractivity contribution in [3.8, 4) is 0 Å². The minimum atomic E-state index is 0.461. The molecule has 1 aliphatic carbocycles. The van der Waals surface area contributed by atoms with Crippen molar-refractivity contribution in [3.05, 3.63) is 0 Å². The summed E-state index contributed by atoms with van der Waals surface area (Å²) in [5.41, 5.74) is 0. The summed E-state index contributed by atoms with van der Waals surface area (Å²) >= 11 is 0. The molecule has 2 nitrogen and oxygen atoms in total. The Bertz CT molecular complexity index is 190. The first kappa shape index (κ1) is 11.7. The minimum absolute atomic E-state index is 0.461. The summed E-state index contributed by atoms with van der Waals surface area (Å²) in [4.78, 5) is 13.6. The van der Waals surface area contributed by atoms with Gasteiger partial charge in [-0.15, -0.1) is 0 Å². The van der Waals surface area contributed by atoms with Crippen molar-refractivity contribution in [1.29, 1.82) is 0 Å². The Morgan fingerprint density at radius 3 is 2.21 bits per heavy atom. The minimum Gasteiger partial charge on any atom is -0.300 e. The van der Waals surface area contributed by atoms with Gasteiger partial charge in [0, 0.05) is 31.5 Å². The maximum Gasteiger partial charge on any atom is 0.133 e. The summed E-state index contributed by atoms with van der Waals surface area (Å²) in [6.07, 6.45) is 2.74. The lowest BCUT2D eigenvalue weighted by molar-refractivity contribution is -0.117. The zero-order chi connectivity index (χ0) is 10.7. The average Bonchev–Trinajstić information content (AvgIpc) is 2.46. The lowest BCUT2D eigenvalue weighted by atomic mass is 10.1. The fraction of sp³-hybridized carbons (Fsp3) is 0.917. The monoisotopic (exact) mass is 197 g/mol. The van der Waals surface area contributed by atoms with E-state index in [1.54, 1.807) is 0 Å². The van der Waals surface area contributed by atoms with Crippen LogP contribution in [0.3, 0.4) is 0 Å². The lowest BCUT2D eigenvalue weighted by Gasteiger charge is -2.32. The molecule has 0 spiro atoms. The van der Waals surface area contributed by atoms with Gasteiger partial charge in [-0.1, -0.05) is 0 Å². The van der Waals surface area contributed by atoms with Crippen LogP contribution >= 0.6 is 0 Å². The highest BCUT2D eigenvalue weighted by Crippen LogP contribution is 2.24. The Kier molecular flexibility index (Phi) is 4.11. The van der Waals surface area contributed by atoms with Crippen molar-refractivity contribution in [2.75, 3.05) is 6.54 Å². The molecular weight excluding hydrogens is 174 g/mol. The van der Waals surface area contributed by atoms with Gasteiger partial charge < -0.3 is 0 Å². The second-order valence-electron chi connectivity index (χ2n) is 5.03. The molecule has 0 bridgehead atoms. The zero-order valence-electron chi connectivity index (χ0n) is 9.92. The summed E-state index contributed by atoms with van der Waals surface area (Å²) in [5.74, 6) is 1.08. The highest BCUT2D eigenvalue weighted by molar-refractivity contribution is 5.80. The van der Waals surface area contributed by atoms with E-state index in [0.717, 1.165) is 25.8 Å². The number of ketones is 1. The predicted octanol–water partition coefficient (Wildman–Crippen LogP) is 2.47. The Balaban J connectivity index is 2.43. The molecule has 0 radical (unpaired) electrons. The maximum absolute atomic E-state index is 11.2. The van der Waals surface area contributed by atoms with Crippen LogP contribution in [0.5, 0.6) is 0 Å². The molecule has 2 heteroatoms. The molecule has 0 aromatic heterocycles. The fourth-order valence-electron chi connectivity index (χ4n) is 2.36. The molecular formula is C12H23NO. The van der Waals surface area contributed by atoms with E-state index in [-0.39, 0.29) is 0 Å². The van der Waals surface area contributed by atoms with Gasteiger partial charge in [-0.05, 0) is 40.0 Å². The SMILES string of the molecule is CC(C)N(C[C@@H]1CCC(=O)C1)C(C)C. The maximum atomic E-state index is 11.2. The molecule has 1 saturated carbocycles. The first-order valence-corrected chi connectivity index (χ1v) is 5.78. The normalized spacial score (nSPS) is 23.1. The van der Waals surface area contributed by atoms with Crippen molar-refractivity contribution in [3.63, 3.8) is 0 Å². The van der Waals surface area contributed by atoms with Crippen molar-refractivity contribution < 1.29 is 4.79 Å². The third kappa shape index (κ3) is 3.09. The van der Waals surface area contributed by atoms with Crippen molar-refractivity contribution >= 4 is 5.78 Å². The van der Waals surface area contributed by atoms with Crippen LogP contribution in [-0.2, 0) is 4.79 Å². The highest BCUT2D eigenvalue weighted by Gasteiger charge is 2.25. The van der Waals surface area contributed by atoms with Crippen molar-refractivity contribution in [1.82, 2.24) is 4.90 Å². The van der Waals surface area contributed by atoms with Gasteiger partial charge in [0.1, 0.15) is 5.78 Å². The second-order valence-corrected chi connectivity index (χ2v) is 5.03. The quantitative estimate of drug-likeness (QED) is 0.690. The summed E-state index contributed by atoms with van der Waals surface area (Å²) in [7, 11) is 0.